The lowest BCUT2D eigenvalue weighted by Gasteiger charge is -2.20. The van der Waals surface area contributed by atoms with Crippen LogP contribution in [0, 0.1) is 0 Å². The molecule has 0 saturated heterocycles. The first-order valence-corrected chi connectivity index (χ1v) is 7.21. The van der Waals surface area contributed by atoms with Gasteiger partial charge in [0.2, 0.25) is 0 Å². The molecule has 2 unspecified atom stereocenters. The highest BCUT2D eigenvalue weighted by molar-refractivity contribution is 5.18. The quantitative estimate of drug-likeness (QED) is 0.759. The minimum atomic E-state index is -0.224. The summed E-state index contributed by atoms with van der Waals surface area (Å²) in [5.74, 6) is 0.0333. The van der Waals surface area contributed by atoms with E-state index in [4.69, 9.17) is 5.73 Å². The van der Waals surface area contributed by atoms with E-state index in [0.29, 0.717) is 0 Å². The number of rotatable bonds is 5. The summed E-state index contributed by atoms with van der Waals surface area (Å²) in [4.78, 5) is 13.3. The van der Waals surface area contributed by atoms with Crippen LogP contribution in [0.5, 0.6) is 0 Å². The van der Waals surface area contributed by atoms with Crippen LogP contribution in [0.15, 0.2) is 37.6 Å². The fraction of sp³-hybridized carbons (Fsp3) is 0.400. The third-order valence-electron chi connectivity index (χ3n) is 3.79. The highest BCUT2D eigenvalue weighted by atomic mass is 15.0. The highest BCUT2D eigenvalue weighted by Gasteiger charge is 2.26. The second-order valence-electron chi connectivity index (χ2n) is 5.79. The van der Waals surface area contributed by atoms with Crippen molar-refractivity contribution in [1.82, 2.24) is 28.7 Å². The van der Waals surface area contributed by atoms with E-state index in [9.17, 15) is 0 Å². The molecule has 116 valence electrons. The van der Waals surface area contributed by atoms with Crippen molar-refractivity contribution < 1.29 is 0 Å². The van der Waals surface area contributed by atoms with E-state index in [0.717, 1.165) is 23.5 Å². The molecule has 2 atom stereocenters. The smallest absolute Gasteiger partial charge is 0.0947 e. The predicted molar refractivity (Wildman–Crippen MR) is 83.0 cm³/mol. The van der Waals surface area contributed by atoms with Gasteiger partial charge in [-0.05, 0) is 0 Å². The molecule has 0 radical (unpaired) electrons. The van der Waals surface area contributed by atoms with Crippen molar-refractivity contribution in [1.29, 1.82) is 0 Å². The van der Waals surface area contributed by atoms with Gasteiger partial charge in [-0.15, -0.1) is 0 Å². The number of aryl methyl sites for hydroxylation is 3. The van der Waals surface area contributed by atoms with E-state index >= 15 is 0 Å². The number of hydrogen-bond donors (Lipinski definition) is 1. The van der Waals surface area contributed by atoms with Crippen LogP contribution in [0.2, 0.25) is 0 Å². The lowest BCUT2D eigenvalue weighted by Crippen LogP contribution is -2.22. The van der Waals surface area contributed by atoms with Crippen molar-refractivity contribution in [3.63, 3.8) is 0 Å². The standard InChI is InChI=1S/C15H21N7/c1-20-5-11(17-8-20)4-12(13-6-21(2)9-18-13)15(16)14-7-22(3)10-19-14/h5-10,12,15H,4,16H2,1-3H3. The van der Waals surface area contributed by atoms with Gasteiger partial charge in [-0.3, -0.25) is 0 Å². The zero-order valence-electron chi connectivity index (χ0n) is 13.1. The number of nitrogens with two attached hydrogens (primary N) is 1. The van der Waals surface area contributed by atoms with Gasteiger partial charge in [0.05, 0.1) is 42.1 Å². The largest absolute Gasteiger partial charge is 0.340 e. The molecule has 0 aromatic carbocycles. The van der Waals surface area contributed by atoms with Gasteiger partial charge in [-0.1, -0.05) is 0 Å². The molecule has 3 rings (SSSR count). The SMILES string of the molecule is Cn1cnc(CC(c2cn(C)cn2)C(N)c2cn(C)cn2)c1. The number of nitrogens with zero attached hydrogens (tertiary/aromatic N) is 6. The lowest BCUT2D eigenvalue weighted by atomic mass is 9.90. The Hall–Kier alpha value is -2.41. The van der Waals surface area contributed by atoms with Crippen LogP contribution in [-0.4, -0.2) is 28.7 Å². The van der Waals surface area contributed by atoms with Gasteiger partial charge in [0.25, 0.3) is 0 Å². The number of hydrogen-bond acceptors (Lipinski definition) is 4. The molecule has 3 aromatic rings. The van der Waals surface area contributed by atoms with Crippen LogP contribution >= 0.6 is 0 Å². The van der Waals surface area contributed by atoms with Gasteiger partial charge in [0, 0.05) is 52.1 Å². The van der Waals surface area contributed by atoms with Gasteiger partial charge < -0.3 is 19.4 Å². The van der Waals surface area contributed by atoms with Crippen molar-refractivity contribution in [2.24, 2.45) is 26.9 Å². The average Bonchev–Trinajstić information content (AvgIpc) is 3.18. The molecule has 2 N–H and O–H groups in total. The van der Waals surface area contributed by atoms with E-state index in [1.165, 1.54) is 0 Å². The van der Waals surface area contributed by atoms with E-state index in [2.05, 4.69) is 15.0 Å². The van der Waals surface area contributed by atoms with E-state index in [1.807, 2.05) is 53.4 Å². The molecule has 0 saturated carbocycles. The Balaban J connectivity index is 1.91. The molecule has 0 spiro atoms. The van der Waals surface area contributed by atoms with Crippen molar-refractivity contribution >= 4 is 0 Å². The molecule has 0 aliphatic heterocycles. The number of imidazole rings is 3. The average molecular weight is 299 g/mol. The van der Waals surface area contributed by atoms with Crippen LogP contribution in [0.25, 0.3) is 0 Å². The molecule has 3 aromatic heterocycles. The zero-order chi connectivity index (χ0) is 15.7. The summed E-state index contributed by atoms with van der Waals surface area (Å²) in [5, 5.41) is 0. The minimum Gasteiger partial charge on any atom is -0.340 e. The summed E-state index contributed by atoms with van der Waals surface area (Å²) in [6.45, 7) is 0. The summed E-state index contributed by atoms with van der Waals surface area (Å²) < 4.78 is 5.79. The van der Waals surface area contributed by atoms with Gasteiger partial charge in [0.15, 0.2) is 0 Å². The third kappa shape index (κ3) is 2.94. The van der Waals surface area contributed by atoms with Crippen LogP contribution in [0.1, 0.15) is 29.0 Å². The molecule has 0 aliphatic rings. The van der Waals surface area contributed by atoms with E-state index in [-0.39, 0.29) is 12.0 Å². The Morgan fingerprint density at radius 3 is 1.91 bits per heavy atom. The highest BCUT2D eigenvalue weighted by Crippen LogP contribution is 2.30. The van der Waals surface area contributed by atoms with Crippen LogP contribution in [-0.2, 0) is 27.6 Å². The van der Waals surface area contributed by atoms with Gasteiger partial charge in [-0.2, -0.15) is 0 Å². The summed E-state index contributed by atoms with van der Waals surface area (Å²) in [5.41, 5.74) is 9.33. The minimum absolute atomic E-state index is 0.0333. The molecule has 7 nitrogen and oxygen atoms in total. The van der Waals surface area contributed by atoms with Crippen molar-refractivity contribution in [3.8, 4) is 0 Å². The predicted octanol–water partition coefficient (Wildman–Crippen LogP) is 0.913. The molecule has 0 fully saturated rings. The molecule has 22 heavy (non-hydrogen) atoms. The maximum Gasteiger partial charge on any atom is 0.0947 e. The Kier molecular flexibility index (Phi) is 3.81. The third-order valence-corrected chi connectivity index (χ3v) is 3.79. The zero-order valence-corrected chi connectivity index (χ0v) is 13.1. The molecular formula is C15H21N7. The Bertz CT molecular complexity index is 751. The fourth-order valence-corrected chi connectivity index (χ4v) is 2.65. The maximum absolute atomic E-state index is 6.49. The van der Waals surface area contributed by atoms with Gasteiger partial charge in [-0.25, -0.2) is 15.0 Å². The Labute approximate surface area is 129 Å². The summed E-state index contributed by atoms with van der Waals surface area (Å²) >= 11 is 0. The van der Waals surface area contributed by atoms with Crippen LogP contribution in [0.4, 0.5) is 0 Å². The molecule has 0 aliphatic carbocycles. The molecular weight excluding hydrogens is 278 g/mol. The van der Waals surface area contributed by atoms with Crippen molar-refractivity contribution in [3.05, 3.63) is 54.7 Å². The van der Waals surface area contributed by atoms with Crippen LogP contribution in [0.3, 0.4) is 0 Å². The first kappa shape index (κ1) is 14.5. The molecule has 0 bridgehead atoms. The molecule has 0 amide bonds. The summed E-state index contributed by atoms with van der Waals surface area (Å²) in [7, 11) is 5.86. The maximum atomic E-state index is 6.49. The van der Waals surface area contributed by atoms with E-state index in [1.54, 1.807) is 19.0 Å². The summed E-state index contributed by atoms with van der Waals surface area (Å²) in [6, 6.07) is -0.224. The molecule has 7 heteroatoms. The Morgan fingerprint density at radius 1 is 0.864 bits per heavy atom. The monoisotopic (exact) mass is 299 g/mol. The first-order chi connectivity index (χ1) is 10.5. The van der Waals surface area contributed by atoms with Crippen LogP contribution < -0.4 is 5.73 Å². The fourth-order valence-electron chi connectivity index (χ4n) is 2.65. The second-order valence-corrected chi connectivity index (χ2v) is 5.79. The van der Waals surface area contributed by atoms with Crippen molar-refractivity contribution in [2.45, 2.75) is 18.4 Å². The summed E-state index contributed by atoms with van der Waals surface area (Å²) in [6.07, 6.45) is 12.1. The van der Waals surface area contributed by atoms with Gasteiger partial charge in [0.1, 0.15) is 0 Å². The van der Waals surface area contributed by atoms with E-state index < -0.39 is 0 Å². The van der Waals surface area contributed by atoms with Gasteiger partial charge >= 0.3 is 0 Å². The lowest BCUT2D eigenvalue weighted by molar-refractivity contribution is 0.526. The number of aromatic nitrogens is 6. The Morgan fingerprint density at radius 2 is 1.41 bits per heavy atom. The first-order valence-electron chi connectivity index (χ1n) is 7.21. The second kappa shape index (κ2) is 5.76. The normalized spacial score (nSPS) is 14.2. The topological polar surface area (TPSA) is 79.5 Å². The molecule has 3 heterocycles. The van der Waals surface area contributed by atoms with Crippen molar-refractivity contribution in [2.75, 3.05) is 0 Å².